The molecule has 0 atom stereocenters. The molecule has 4 nitrogen and oxygen atoms in total. The van der Waals surface area contributed by atoms with Crippen molar-refractivity contribution in [2.24, 2.45) is 0 Å². The fourth-order valence-corrected chi connectivity index (χ4v) is 2.76. The van der Waals surface area contributed by atoms with Gasteiger partial charge in [-0.1, -0.05) is 29.8 Å². The van der Waals surface area contributed by atoms with Crippen LogP contribution in [0.15, 0.2) is 48.5 Å². The Bertz CT molecular complexity index is 818. The van der Waals surface area contributed by atoms with E-state index in [4.69, 9.17) is 0 Å². The van der Waals surface area contributed by atoms with E-state index in [9.17, 15) is 4.79 Å². The predicted octanol–water partition coefficient (Wildman–Crippen LogP) is 3.34. The average Bonchev–Trinajstić information content (AvgIpc) is 2.92. The molecule has 0 aliphatic rings. The highest BCUT2D eigenvalue weighted by Crippen LogP contribution is 2.16. The van der Waals surface area contributed by atoms with Crippen molar-refractivity contribution in [1.82, 2.24) is 14.9 Å². The van der Waals surface area contributed by atoms with Gasteiger partial charge in [0, 0.05) is 25.1 Å². The minimum absolute atomic E-state index is 0.0378. The standard InChI is InChI=1S/C19H21N3O/c1-3-22-17-7-5-4-6-16(17)21-18(22)12-13-20-19(23)15-10-8-14(2)9-11-15/h4-11H,3,12-13H2,1-2H3,(H,20,23). The lowest BCUT2D eigenvalue weighted by Crippen LogP contribution is -2.26. The zero-order valence-electron chi connectivity index (χ0n) is 13.5. The highest BCUT2D eigenvalue weighted by Gasteiger charge is 2.10. The normalized spacial score (nSPS) is 10.9. The van der Waals surface area contributed by atoms with Crippen LogP contribution in [0.2, 0.25) is 0 Å². The van der Waals surface area contributed by atoms with E-state index < -0.39 is 0 Å². The molecule has 23 heavy (non-hydrogen) atoms. The van der Waals surface area contributed by atoms with Gasteiger partial charge < -0.3 is 9.88 Å². The van der Waals surface area contributed by atoms with Gasteiger partial charge in [-0.15, -0.1) is 0 Å². The van der Waals surface area contributed by atoms with Crippen molar-refractivity contribution < 1.29 is 4.79 Å². The Labute approximate surface area is 136 Å². The number of aryl methyl sites for hydroxylation is 2. The Morgan fingerprint density at radius 1 is 1.13 bits per heavy atom. The van der Waals surface area contributed by atoms with E-state index in [2.05, 4.69) is 27.9 Å². The Hall–Kier alpha value is -2.62. The molecule has 3 rings (SSSR count). The maximum Gasteiger partial charge on any atom is 0.251 e. The predicted molar refractivity (Wildman–Crippen MR) is 92.6 cm³/mol. The van der Waals surface area contributed by atoms with Gasteiger partial charge in [-0.25, -0.2) is 4.98 Å². The van der Waals surface area contributed by atoms with Crippen LogP contribution < -0.4 is 5.32 Å². The van der Waals surface area contributed by atoms with Crippen LogP contribution in [-0.2, 0) is 13.0 Å². The van der Waals surface area contributed by atoms with Crippen LogP contribution in [0.4, 0.5) is 0 Å². The molecule has 1 heterocycles. The molecule has 1 aromatic heterocycles. The molecular formula is C19H21N3O. The number of hydrogen-bond acceptors (Lipinski definition) is 2. The van der Waals surface area contributed by atoms with Crippen LogP contribution >= 0.6 is 0 Å². The van der Waals surface area contributed by atoms with E-state index in [0.29, 0.717) is 12.1 Å². The van der Waals surface area contributed by atoms with E-state index >= 15 is 0 Å². The number of nitrogens with one attached hydrogen (secondary N) is 1. The summed E-state index contributed by atoms with van der Waals surface area (Å²) in [6.45, 7) is 5.58. The summed E-state index contributed by atoms with van der Waals surface area (Å²) in [5.74, 6) is 0.974. The lowest BCUT2D eigenvalue weighted by Gasteiger charge is -2.08. The van der Waals surface area contributed by atoms with Gasteiger partial charge in [-0.2, -0.15) is 0 Å². The van der Waals surface area contributed by atoms with Crippen molar-refractivity contribution in [2.45, 2.75) is 26.8 Å². The van der Waals surface area contributed by atoms with Crippen LogP contribution in [0.5, 0.6) is 0 Å². The molecule has 0 radical (unpaired) electrons. The summed E-state index contributed by atoms with van der Waals surface area (Å²) in [5.41, 5.74) is 4.00. The van der Waals surface area contributed by atoms with Gasteiger partial charge in [-0.3, -0.25) is 4.79 Å². The van der Waals surface area contributed by atoms with Crippen molar-refractivity contribution in [1.29, 1.82) is 0 Å². The van der Waals surface area contributed by atoms with E-state index in [-0.39, 0.29) is 5.91 Å². The van der Waals surface area contributed by atoms with Gasteiger partial charge in [0.05, 0.1) is 11.0 Å². The fourth-order valence-electron chi connectivity index (χ4n) is 2.76. The minimum atomic E-state index is -0.0378. The van der Waals surface area contributed by atoms with E-state index in [1.54, 1.807) is 0 Å². The lowest BCUT2D eigenvalue weighted by molar-refractivity contribution is 0.0954. The monoisotopic (exact) mass is 307 g/mol. The van der Waals surface area contributed by atoms with Crippen molar-refractivity contribution in [3.8, 4) is 0 Å². The largest absolute Gasteiger partial charge is 0.352 e. The number of para-hydroxylation sites is 2. The fraction of sp³-hybridized carbons (Fsp3) is 0.263. The number of aromatic nitrogens is 2. The molecule has 2 aromatic carbocycles. The zero-order chi connectivity index (χ0) is 16.2. The number of carbonyl (C=O) groups is 1. The van der Waals surface area contributed by atoms with Crippen molar-refractivity contribution in [3.63, 3.8) is 0 Å². The van der Waals surface area contributed by atoms with Crippen LogP contribution in [0, 0.1) is 6.92 Å². The summed E-state index contributed by atoms with van der Waals surface area (Å²) < 4.78 is 2.20. The Balaban J connectivity index is 1.66. The Kier molecular flexibility index (Phi) is 4.42. The van der Waals surface area contributed by atoms with Gasteiger partial charge in [0.25, 0.3) is 5.91 Å². The quantitative estimate of drug-likeness (QED) is 0.786. The SMILES string of the molecule is CCn1c(CCNC(=O)c2ccc(C)cc2)nc2ccccc21. The van der Waals surface area contributed by atoms with Crippen LogP contribution in [0.1, 0.15) is 28.7 Å². The first-order valence-electron chi connectivity index (χ1n) is 7.98. The maximum absolute atomic E-state index is 12.1. The van der Waals surface area contributed by atoms with Gasteiger partial charge in [0.15, 0.2) is 0 Å². The molecule has 1 N–H and O–H groups in total. The van der Waals surface area contributed by atoms with Crippen LogP contribution in [-0.4, -0.2) is 22.0 Å². The number of fused-ring (bicyclic) bond motifs is 1. The number of hydrogen-bond donors (Lipinski definition) is 1. The van der Waals surface area contributed by atoms with E-state index in [1.165, 1.54) is 0 Å². The number of rotatable bonds is 5. The molecule has 0 aliphatic carbocycles. The van der Waals surface area contributed by atoms with Crippen LogP contribution in [0.3, 0.4) is 0 Å². The first kappa shape index (κ1) is 15.3. The van der Waals surface area contributed by atoms with Gasteiger partial charge in [0.2, 0.25) is 0 Å². The summed E-state index contributed by atoms with van der Waals surface area (Å²) >= 11 is 0. The second kappa shape index (κ2) is 6.65. The highest BCUT2D eigenvalue weighted by atomic mass is 16.1. The molecule has 0 spiro atoms. The lowest BCUT2D eigenvalue weighted by atomic mass is 10.1. The topological polar surface area (TPSA) is 46.9 Å². The van der Waals surface area contributed by atoms with Crippen molar-refractivity contribution in [3.05, 3.63) is 65.5 Å². The molecule has 0 unspecified atom stereocenters. The maximum atomic E-state index is 12.1. The molecular weight excluding hydrogens is 286 g/mol. The first-order valence-corrected chi connectivity index (χ1v) is 7.98. The van der Waals surface area contributed by atoms with Crippen LogP contribution in [0.25, 0.3) is 11.0 Å². The summed E-state index contributed by atoms with van der Waals surface area (Å²) in [6.07, 6.45) is 0.722. The molecule has 4 heteroatoms. The average molecular weight is 307 g/mol. The zero-order valence-corrected chi connectivity index (χ0v) is 13.5. The van der Waals surface area contributed by atoms with E-state index in [1.807, 2.05) is 49.4 Å². The number of nitrogens with zero attached hydrogens (tertiary/aromatic N) is 2. The smallest absolute Gasteiger partial charge is 0.251 e. The second-order valence-electron chi connectivity index (χ2n) is 5.63. The molecule has 0 saturated carbocycles. The number of imidazole rings is 1. The number of amides is 1. The number of benzene rings is 2. The van der Waals surface area contributed by atoms with Crippen molar-refractivity contribution in [2.75, 3.05) is 6.54 Å². The highest BCUT2D eigenvalue weighted by molar-refractivity contribution is 5.94. The Morgan fingerprint density at radius 2 is 1.87 bits per heavy atom. The summed E-state index contributed by atoms with van der Waals surface area (Å²) in [5, 5.41) is 2.97. The molecule has 0 aliphatic heterocycles. The Morgan fingerprint density at radius 3 is 2.61 bits per heavy atom. The molecule has 0 saturated heterocycles. The van der Waals surface area contributed by atoms with Crippen molar-refractivity contribution >= 4 is 16.9 Å². The summed E-state index contributed by atoms with van der Waals surface area (Å²) in [7, 11) is 0. The first-order chi connectivity index (χ1) is 11.2. The van der Waals surface area contributed by atoms with Gasteiger partial charge in [-0.05, 0) is 38.1 Å². The summed E-state index contributed by atoms with van der Waals surface area (Å²) in [4.78, 5) is 16.8. The third-order valence-electron chi connectivity index (χ3n) is 4.00. The number of carbonyl (C=O) groups excluding carboxylic acids is 1. The molecule has 118 valence electrons. The molecule has 1 amide bonds. The van der Waals surface area contributed by atoms with E-state index in [0.717, 1.165) is 35.4 Å². The van der Waals surface area contributed by atoms with Gasteiger partial charge in [0.1, 0.15) is 5.82 Å². The minimum Gasteiger partial charge on any atom is -0.352 e. The molecule has 0 bridgehead atoms. The van der Waals surface area contributed by atoms with Gasteiger partial charge >= 0.3 is 0 Å². The molecule has 0 fully saturated rings. The molecule has 3 aromatic rings. The third-order valence-corrected chi connectivity index (χ3v) is 4.00. The third kappa shape index (κ3) is 3.26. The summed E-state index contributed by atoms with van der Waals surface area (Å²) in [6, 6.07) is 15.7. The second-order valence-corrected chi connectivity index (χ2v) is 5.63.